The molecule has 1 aliphatic rings. The summed E-state index contributed by atoms with van der Waals surface area (Å²) >= 11 is 0. The lowest BCUT2D eigenvalue weighted by Gasteiger charge is -2.29. The highest BCUT2D eigenvalue weighted by atomic mass is 16.3. The van der Waals surface area contributed by atoms with Crippen LogP contribution in [0.2, 0.25) is 0 Å². The molecule has 0 bridgehead atoms. The lowest BCUT2D eigenvalue weighted by atomic mass is 10.1. The summed E-state index contributed by atoms with van der Waals surface area (Å²) in [6.07, 6.45) is 5.72. The van der Waals surface area contributed by atoms with E-state index < -0.39 is 0 Å². The van der Waals surface area contributed by atoms with Crippen LogP contribution < -0.4 is 5.32 Å². The zero-order valence-electron chi connectivity index (χ0n) is 11.4. The SMILES string of the molecule is Cn1cncc1C(=O)NCCCN1CCC(O)CC1. The Morgan fingerprint density at radius 2 is 2.26 bits per heavy atom. The van der Waals surface area contributed by atoms with Gasteiger partial charge in [-0.2, -0.15) is 0 Å². The molecule has 0 aromatic carbocycles. The summed E-state index contributed by atoms with van der Waals surface area (Å²) in [5.74, 6) is -0.0749. The number of aliphatic hydroxyl groups is 1. The van der Waals surface area contributed by atoms with Crippen LogP contribution in [-0.4, -0.2) is 57.7 Å². The molecule has 0 radical (unpaired) electrons. The van der Waals surface area contributed by atoms with Gasteiger partial charge < -0.3 is 19.9 Å². The zero-order chi connectivity index (χ0) is 13.7. The maximum atomic E-state index is 11.8. The molecule has 0 saturated carbocycles. The standard InChI is InChI=1S/C13H22N4O2/c1-16-10-14-9-12(16)13(19)15-5-2-6-17-7-3-11(18)4-8-17/h9-11,18H,2-8H2,1H3,(H,15,19). The van der Waals surface area contributed by atoms with Crippen molar-refractivity contribution in [3.63, 3.8) is 0 Å². The minimum Gasteiger partial charge on any atom is -0.393 e. The normalized spacial score (nSPS) is 17.6. The summed E-state index contributed by atoms with van der Waals surface area (Å²) in [6, 6.07) is 0. The van der Waals surface area contributed by atoms with Crippen LogP contribution >= 0.6 is 0 Å². The van der Waals surface area contributed by atoms with Gasteiger partial charge in [-0.1, -0.05) is 0 Å². The van der Waals surface area contributed by atoms with Gasteiger partial charge in [-0.15, -0.1) is 0 Å². The molecule has 1 amide bonds. The number of nitrogens with one attached hydrogen (secondary N) is 1. The maximum absolute atomic E-state index is 11.8. The molecule has 106 valence electrons. The van der Waals surface area contributed by atoms with Crippen molar-refractivity contribution in [1.29, 1.82) is 0 Å². The molecule has 1 aromatic heterocycles. The lowest BCUT2D eigenvalue weighted by molar-refractivity contribution is 0.0816. The lowest BCUT2D eigenvalue weighted by Crippen LogP contribution is -2.37. The van der Waals surface area contributed by atoms with Gasteiger partial charge in [-0.25, -0.2) is 4.98 Å². The van der Waals surface area contributed by atoms with Gasteiger partial charge in [0.2, 0.25) is 0 Å². The third kappa shape index (κ3) is 4.04. The van der Waals surface area contributed by atoms with Crippen molar-refractivity contribution in [2.45, 2.75) is 25.4 Å². The fourth-order valence-corrected chi connectivity index (χ4v) is 2.31. The third-order valence-corrected chi connectivity index (χ3v) is 3.54. The third-order valence-electron chi connectivity index (χ3n) is 3.54. The number of aromatic nitrogens is 2. The average Bonchev–Trinajstić information content (AvgIpc) is 2.83. The number of carbonyl (C=O) groups excluding carboxylic acids is 1. The monoisotopic (exact) mass is 266 g/mol. The Morgan fingerprint density at radius 1 is 1.53 bits per heavy atom. The average molecular weight is 266 g/mol. The van der Waals surface area contributed by atoms with Crippen LogP contribution in [0, 0.1) is 0 Å². The molecular weight excluding hydrogens is 244 g/mol. The quantitative estimate of drug-likeness (QED) is 0.736. The van der Waals surface area contributed by atoms with Crippen molar-refractivity contribution in [2.24, 2.45) is 7.05 Å². The van der Waals surface area contributed by atoms with Crippen LogP contribution in [0.3, 0.4) is 0 Å². The number of imidazole rings is 1. The molecule has 0 aliphatic carbocycles. The van der Waals surface area contributed by atoms with Crippen molar-refractivity contribution in [3.05, 3.63) is 18.2 Å². The molecular formula is C13H22N4O2. The minimum atomic E-state index is -0.124. The molecule has 19 heavy (non-hydrogen) atoms. The molecule has 2 rings (SSSR count). The zero-order valence-corrected chi connectivity index (χ0v) is 11.4. The Balaban J connectivity index is 1.62. The van der Waals surface area contributed by atoms with E-state index in [-0.39, 0.29) is 12.0 Å². The number of hydrogen-bond donors (Lipinski definition) is 2. The molecule has 1 aromatic rings. The smallest absolute Gasteiger partial charge is 0.269 e. The molecule has 0 unspecified atom stereocenters. The van der Waals surface area contributed by atoms with Gasteiger partial charge in [0.15, 0.2) is 0 Å². The van der Waals surface area contributed by atoms with Crippen LogP contribution in [0.25, 0.3) is 0 Å². The molecule has 2 heterocycles. The number of aliphatic hydroxyl groups excluding tert-OH is 1. The van der Waals surface area contributed by atoms with Gasteiger partial charge in [0.25, 0.3) is 5.91 Å². The summed E-state index contributed by atoms with van der Waals surface area (Å²) in [7, 11) is 1.81. The summed E-state index contributed by atoms with van der Waals surface area (Å²) in [6.45, 7) is 3.55. The molecule has 1 fully saturated rings. The van der Waals surface area contributed by atoms with E-state index in [1.165, 1.54) is 0 Å². The van der Waals surface area contributed by atoms with E-state index in [0.29, 0.717) is 12.2 Å². The number of hydrogen-bond acceptors (Lipinski definition) is 4. The maximum Gasteiger partial charge on any atom is 0.269 e. The Hall–Kier alpha value is -1.40. The predicted octanol–water partition coefficient (Wildman–Crippen LogP) is -0.00330. The van der Waals surface area contributed by atoms with Gasteiger partial charge in [-0.3, -0.25) is 4.79 Å². The van der Waals surface area contributed by atoms with Crippen molar-refractivity contribution < 1.29 is 9.90 Å². The Labute approximate surface area is 113 Å². The highest BCUT2D eigenvalue weighted by molar-refractivity contribution is 5.92. The molecule has 1 aliphatic heterocycles. The van der Waals surface area contributed by atoms with Crippen LogP contribution in [-0.2, 0) is 7.05 Å². The van der Waals surface area contributed by atoms with Gasteiger partial charge in [0.05, 0.1) is 18.6 Å². The van der Waals surface area contributed by atoms with Crippen molar-refractivity contribution in [2.75, 3.05) is 26.2 Å². The number of rotatable bonds is 5. The van der Waals surface area contributed by atoms with Crippen LogP contribution in [0.15, 0.2) is 12.5 Å². The Bertz CT molecular complexity index is 411. The Morgan fingerprint density at radius 3 is 2.89 bits per heavy atom. The first-order valence-corrected chi connectivity index (χ1v) is 6.82. The first-order chi connectivity index (χ1) is 9.16. The van der Waals surface area contributed by atoms with E-state index in [1.807, 2.05) is 0 Å². The van der Waals surface area contributed by atoms with E-state index >= 15 is 0 Å². The van der Waals surface area contributed by atoms with E-state index in [4.69, 9.17) is 0 Å². The number of nitrogens with zero attached hydrogens (tertiary/aromatic N) is 3. The topological polar surface area (TPSA) is 70.4 Å². The largest absolute Gasteiger partial charge is 0.393 e. The minimum absolute atomic E-state index is 0.0749. The summed E-state index contributed by atoms with van der Waals surface area (Å²) < 4.78 is 1.71. The first-order valence-electron chi connectivity index (χ1n) is 6.82. The summed E-state index contributed by atoms with van der Waals surface area (Å²) in [5, 5.41) is 12.3. The molecule has 0 atom stereocenters. The van der Waals surface area contributed by atoms with Crippen LogP contribution in [0.5, 0.6) is 0 Å². The van der Waals surface area contributed by atoms with E-state index in [9.17, 15) is 9.90 Å². The second-order valence-electron chi connectivity index (χ2n) is 5.07. The first kappa shape index (κ1) is 14.0. The van der Waals surface area contributed by atoms with Crippen LogP contribution in [0.1, 0.15) is 29.8 Å². The molecule has 2 N–H and O–H groups in total. The van der Waals surface area contributed by atoms with E-state index in [1.54, 1.807) is 24.1 Å². The van der Waals surface area contributed by atoms with Crippen molar-refractivity contribution in [3.8, 4) is 0 Å². The molecule has 6 nitrogen and oxygen atoms in total. The summed E-state index contributed by atoms with van der Waals surface area (Å²) in [5.41, 5.74) is 0.584. The Kier molecular flexibility index (Phi) is 4.93. The van der Waals surface area contributed by atoms with Crippen LogP contribution in [0.4, 0.5) is 0 Å². The number of amides is 1. The highest BCUT2D eigenvalue weighted by Crippen LogP contribution is 2.09. The molecule has 0 spiro atoms. The number of piperidine rings is 1. The predicted molar refractivity (Wildman–Crippen MR) is 71.8 cm³/mol. The van der Waals surface area contributed by atoms with Gasteiger partial charge in [0.1, 0.15) is 5.69 Å². The number of carbonyl (C=O) groups is 1. The second-order valence-corrected chi connectivity index (χ2v) is 5.07. The van der Waals surface area contributed by atoms with Crippen molar-refractivity contribution >= 4 is 5.91 Å². The fraction of sp³-hybridized carbons (Fsp3) is 0.692. The van der Waals surface area contributed by atoms with E-state index in [2.05, 4.69) is 15.2 Å². The summed E-state index contributed by atoms with van der Waals surface area (Å²) in [4.78, 5) is 18.1. The molecule has 1 saturated heterocycles. The number of likely N-dealkylation sites (tertiary alicyclic amines) is 1. The number of aryl methyl sites for hydroxylation is 1. The van der Waals surface area contributed by atoms with Gasteiger partial charge in [0, 0.05) is 26.7 Å². The second kappa shape index (κ2) is 6.68. The van der Waals surface area contributed by atoms with Crippen molar-refractivity contribution in [1.82, 2.24) is 19.8 Å². The van der Waals surface area contributed by atoms with Gasteiger partial charge >= 0.3 is 0 Å². The fourth-order valence-electron chi connectivity index (χ4n) is 2.31. The molecule has 6 heteroatoms. The highest BCUT2D eigenvalue weighted by Gasteiger charge is 2.16. The van der Waals surface area contributed by atoms with E-state index in [0.717, 1.165) is 38.9 Å². The van der Waals surface area contributed by atoms with Gasteiger partial charge in [-0.05, 0) is 25.8 Å².